The Balaban J connectivity index is 1.87. The molecule has 28 heavy (non-hydrogen) atoms. The van der Waals surface area contributed by atoms with Crippen molar-refractivity contribution >= 4 is 11.8 Å². The smallest absolute Gasteiger partial charge is 0.225 e. The number of rotatable bonds is 8. The molecule has 3 aromatic rings. The van der Waals surface area contributed by atoms with Crippen LogP contribution in [-0.4, -0.2) is 32.7 Å². The van der Waals surface area contributed by atoms with Crippen molar-refractivity contribution in [2.75, 3.05) is 17.2 Å². The van der Waals surface area contributed by atoms with E-state index >= 15 is 0 Å². The Labute approximate surface area is 163 Å². The lowest BCUT2D eigenvalue weighted by atomic mass is 10.1. The largest absolute Gasteiger partial charge is 0.394 e. The van der Waals surface area contributed by atoms with Gasteiger partial charge in [-0.25, -0.2) is 9.37 Å². The molecule has 2 aromatic heterocycles. The third-order valence-electron chi connectivity index (χ3n) is 4.41. The molecule has 0 aliphatic heterocycles. The van der Waals surface area contributed by atoms with Crippen molar-refractivity contribution in [2.45, 2.75) is 26.4 Å². The molecule has 0 spiro atoms. The molecule has 3 N–H and O–H groups in total. The van der Waals surface area contributed by atoms with Crippen LogP contribution in [0.3, 0.4) is 0 Å². The Kier molecular flexibility index (Phi) is 6.49. The van der Waals surface area contributed by atoms with Gasteiger partial charge in [-0.15, -0.1) is 0 Å². The van der Waals surface area contributed by atoms with Crippen molar-refractivity contribution in [1.29, 1.82) is 0 Å². The van der Waals surface area contributed by atoms with Gasteiger partial charge in [0.2, 0.25) is 5.95 Å². The van der Waals surface area contributed by atoms with E-state index in [1.807, 2.05) is 32.0 Å². The van der Waals surface area contributed by atoms with E-state index in [-0.39, 0.29) is 24.4 Å². The van der Waals surface area contributed by atoms with Crippen LogP contribution < -0.4 is 10.6 Å². The molecule has 0 unspecified atom stereocenters. The van der Waals surface area contributed by atoms with Crippen molar-refractivity contribution < 1.29 is 9.50 Å². The van der Waals surface area contributed by atoms with E-state index in [0.29, 0.717) is 18.3 Å². The topological polar surface area (TPSA) is 83.0 Å². The second-order valence-electron chi connectivity index (χ2n) is 6.86. The van der Waals surface area contributed by atoms with E-state index in [9.17, 15) is 9.50 Å². The molecule has 3 rings (SSSR count). The lowest BCUT2D eigenvalue weighted by molar-refractivity contribution is 0.248. The Morgan fingerprint density at radius 2 is 1.75 bits per heavy atom. The summed E-state index contributed by atoms with van der Waals surface area (Å²) in [5.74, 6) is 1.02. The van der Waals surface area contributed by atoms with Crippen molar-refractivity contribution in [2.24, 2.45) is 5.92 Å². The molecule has 2 heterocycles. The number of aromatic nitrogens is 3. The zero-order chi connectivity index (χ0) is 19.9. The SMILES string of the molecule is CC(C)[C@@H](CO)Nc1nc(NCc2ccc(F)cc2)cc(-c2ccncc2)n1. The first-order chi connectivity index (χ1) is 13.5. The molecule has 1 atom stereocenters. The van der Waals surface area contributed by atoms with Gasteiger partial charge in [0.15, 0.2) is 0 Å². The Bertz CT molecular complexity index is 887. The second kappa shape index (κ2) is 9.23. The first-order valence-corrected chi connectivity index (χ1v) is 9.20. The van der Waals surface area contributed by atoms with E-state index in [2.05, 4.69) is 25.6 Å². The molecule has 0 amide bonds. The van der Waals surface area contributed by atoms with E-state index in [0.717, 1.165) is 16.8 Å². The lowest BCUT2D eigenvalue weighted by Gasteiger charge is -2.20. The van der Waals surface area contributed by atoms with Crippen LogP contribution in [0.4, 0.5) is 16.2 Å². The number of nitrogens with zero attached hydrogens (tertiary/aromatic N) is 3. The van der Waals surface area contributed by atoms with Crippen LogP contribution in [0.1, 0.15) is 19.4 Å². The van der Waals surface area contributed by atoms with Crippen LogP contribution in [0.5, 0.6) is 0 Å². The van der Waals surface area contributed by atoms with Gasteiger partial charge in [0.25, 0.3) is 0 Å². The fourth-order valence-corrected chi connectivity index (χ4v) is 2.66. The maximum atomic E-state index is 13.1. The minimum atomic E-state index is -0.263. The maximum Gasteiger partial charge on any atom is 0.225 e. The van der Waals surface area contributed by atoms with Crippen LogP contribution in [0, 0.1) is 11.7 Å². The summed E-state index contributed by atoms with van der Waals surface area (Å²) in [6, 6.07) is 11.8. The zero-order valence-electron chi connectivity index (χ0n) is 15.9. The number of hydrogen-bond donors (Lipinski definition) is 3. The highest BCUT2D eigenvalue weighted by Gasteiger charge is 2.15. The van der Waals surface area contributed by atoms with Gasteiger partial charge in [0.05, 0.1) is 18.3 Å². The maximum absolute atomic E-state index is 13.1. The lowest BCUT2D eigenvalue weighted by Crippen LogP contribution is -2.30. The Morgan fingerprint density at radius 1 is 1.04 bits per heavy atom. The third kappa shape index (κ3) is 5.23. The number of benzene rings is 1. The predicted octanol–water partition coefficient (Wildman–Crippen LogP) is 3.72. The molecular formula is C21H24FN5O. The molecular weight excluding hydrogens is 357 g/mol. The van der Waals surface area contributed by atoms with Gasteiger partial charge in [0, 0.05) is 30.6 Å². The van der Waals surface area contributed by atoms with Gasteiger partial charge in [-0.1, -0.05) is 26.0 Å². The fourth-order valence-electron chi connectivity index (χ4n) is 2.66. The minimum Gasteiger partial charge on any atom is -0.394 e. The zero-order valence-corrected chi connectivity index (χ0v) is 15.9. The third-order valence-corrected chi connectivity index (χ3v) is 4.41. The first kappa shape index (κ1) is 19.7. The van der Waals surface area contributed by atoms with Crippen molar-refractivity contribution in [3.8, 4) is 11.3 Å². The number of pyridine rings is 1. The summed E-state index contributed by atoms with van der Waals surface area (Å²) in [6.45, 7) is 4.53. The second-order valence-corrected chi connectivity index (χ2v) is 6.86. The van der Waals surface area contributed by atoms with Gasteiger partial charge in [-0.2, -0.15) is 4.98 Å². The minimum absolute atomic E-state index is 0.0150. The summed E-state index contributed by atoms with van der Waals surface area (Å²) >= 11 is 0. The van der Waals surface area contributed by atoms with Gasteiger partial charge < -0.3 is 15.7 Å². The predicted molar refractivity (Wildman–Crippen MR) is 108 cm³/mol. The van der Waals surface area contributed by atoms with Gasteiger partial charge >= 0.3 is 0 Å². The number of halogens is 1. The molecule has 7 heteroatoms. The summed E-state index contributed by atoms with van der Waals surface area (Å²) in [5, 5.41) is 16.1. The summed E-state index contributed by atoms with van der Waals surface area (Å²) in [4.78, 5) is 13.2. The number of aliphatic hydroxyl groups excluding tert-OH is 1. The van der Waals surface area contributed by atoms with E-state index in [1.54, 1.807) is 24.5 Å². The van der Waals surface area contributed by atoms with Gasteiger partial charge in [0.1, 0.15) is 11.6 Å². The molecule has 6 nitrogen and oxygen atoms in total. The molecule has 0 saturated heterocycles. The molecule has 0 aliphatic carbocycles. The van der Waals surface area contributed by atoms with Crippen molar-refractivity contribution in [3.05, 3.63) is 66.2 Å². The summed E-state index contributed by atoms with van der Waals surface area (Å²) in [7, 11) is 0. The highest BCUT2D eigenvalue weighted by molar-refractivity contribution is 5.64. The fraction of sp³-hybridized carbons (Fsp3) is 0.286. The highest BCUT2D eigenvalue weighted by atomic mass is 19.1. The van der Waals surface area contributed by atoms with Crippen molar-refractivity contribution in [1.82, 2.24) is 15.0 Å². The van der Waals surface area contributed by atoms with E-state index in [4.69, 9.17) is 0 Å². The van der Waals surface area contributed by atoms with E-state index < -0.39 is 0 Å². The molecule has 0 radical (unpaired) electrons. The number of nitrogens with one attached hydrogen (secondary N) is 2. The van der Waals surface area contributed by atoms with Crippen LogP contribution >= 0.6 is 0 Å². The van der Waals surface area contributed by atoms with Crippen LogP contribution in [0.25, 0.3) is 11.3 Å². The van der Waals surface area contributed by atoms with Gasteiger partial charge in [-0.05, 0) is 35.7 Å². The average molecular weight is 381 g/mol. The van der Waals surface area contributed by atoms with Crippen molar-refractivity contribution in [3.63, 3.8) is 0 Å². The number of anilines is 2. The standard InChI is InChI=1S/C21H24FN5O/c1-14(2)19(13-28)26-21-25-18(16-7-9-23-10-8-16)11-20(27-21)24-12-15-3-5-17(22)6-4-15/h3-11,14,19,28H,12-13H2,1-2H3,(H2,24,25,26,27)/t19-/m1/s1. The summed E-state index contributed by atoms with van der Waals surface area (Å²) in [5.41, 5.74) is 2.59. The Morgan fingerprint density at radius 3 is 2.39 bits per heavy atom. The molecule has 0 aliphatic rings. The summed E-state index contributed by atoms with van der Waals surface area (Å²) in [6.07, 6.45) is 3.42. The molecule has 146 valence electrons. The number of aliphatic hydroxyl groups is 1. The summed E-state index contributed by atoms with van der Waals surface area (Å²) < 4.78 is 13.1. The quantitative estimate of drug-likeness (QED) is 0.552. The molecule has 0 saturated carbocycles. The molecule has 0 fully saturated rings. The van der Waals surface area contributed by atoms with Crippen LogP contribution in [0.2, 0.25) is 0 Å². The average Bonchev–Trinajstić information content (AvgIpc) is 2.72. The monoisotopic (exact) mass is 381 g/mol. The van der Waals surface area contributed by atoms with Gasteiger partial charge in [-0.3, -0.25) is 4.98 Å². The molecule has 1 aromatic carbocycles. The normalized spacial score (nSPS) is 12.0. The van der Waals surface area contributed by atoms with Crippen LogP contribution in [0.15, 0.2) is 54.9 Å². The number of hydrogen-bond acceptors (Lipinski definition) is 6. The van der Waals surface area contributed by atoms with Crippen LogP contribution in [-0.2, 0) is 6.54 Å². The highest BCUT2D eigenvalue weighted by Crippen LogP contribution is 2.22. The first-order valence-electron chi connectivity index (χ1n) is 9.20. The Hall–Kier alpha value is -3.06. The molecule has 0 bridgehead atoms. The van der Waals surface area contributed by atoms with E-state index in [1.165, 1.54) is 12.1 Å².